The van der Waals surface area contributed by atoms with Crippen molar-refractivity contribution in [2.24, 2.45) is 0 Å². The SMILES string of the molecule is O=C(O)[C@@H]1C[C@@H](O)CN1C(=O)NCCc1cscn1. The Morgan fingerprint density at radius 3 is 3.00 bits per heavy atom. The number of rotatable bonds is 4. The Bertz CT molecular complexity index is 451. The molecule has 0 radical (unpaired) electrons. The quantitative estimate of drug-likeness (QED) is 0.717. The van der Waals surface area contributed by atoms with E-state index in [2.05, 4.69) is 10.3 Å². The van der Waals surface area contributed by atoms with Crippen LogP contribution in [0.3, 0.4) is 0 Å². The molecule has 1 aliphatic rings. The van der Waals surface area contributed by atoms with E-state index in [1.54, 1.807) is 5.51 Å². The van der Waals surface area contributed by atoms with Crippen molar-refractivity contribution in [1.82, 2.24) is 15.2 Å². The highest BCUT2D eigenvalue weighted by atomic mass is 32.1. The second-order valence-electron chi connectivity index (χ2n) is 4.36. The first kappa shape index (κ1) is 13.8. The minimum Gasteiger partial charge on any atom is -0.480 e. The molecule has 1 fully saturated rings. The summed E-state index contributed by atoms with van der Waals surface area (Å²) in [7, 11) is 0. The molecule has 0 unspecified atom stereocenters. The number of nitrogens with zero attached hydrogens (tertiary/aromatic N) is 2. The Hall–Kier alpha value is -1.67. The number of thiazole rings is 1. The average molecular weight is 285 g/mol. The smallest absolute Gasteiger partial charge is 0.326 e. The second kappa shape index (κ2) is 5.98. The first-order chi connectivity index (χ1) is 9.08. The van der Waals surface area contributed by atoms with E-state index >= 15 is 0 Å². The van der Waals surface area contributed by atoms with Crippen molar-refractivity contribution in [3.63, 3.8) is 0 Å². The lowest BCUT2D eigenvalue weighted by molar-refractivity contribution is -0.141. The lowest BCUT2D eigenvalue weighted by atomic mass is 10.2. The Kier molecular flexibility index (Phi) is 4.33. The maximum absolute atomic E-state index is 11.9. The summed E-state index contributed by atoms with van der Waals surface area (Å²) < 4.78 is 0. The molecule has 3 N–H and O–H groups in total. The molecule has 2 heterocycles. The fraction of sp³-hybridized carbons (Fsp3) is 0.545. The molecule has 2 rings (SSSR count). The number of amides is 2. The van der Waals surface area contributed by atoms with Crippen LogP contribution in [0, 0.1) is 0 Å². The highest BCUT2D eigenvalue weighted by Gasteiger charge is 2.38. The van der Waals surface area contributed by atoms with Gasteiger partial charge in [-0.15, -0.1) is 11.3 Å². The summed E-state index contributed by atoms with van der Waals surface area (Å²) >= 11 is 1.48. The number of carboxylic acids is 1. The maximum Gasteiger partial charge on any atom is 0.326 e. The van der Waals surface area contributed by atoms with Crippen LogP contribution in [0.2, 0.25) is 0 Å². The van der Waals surface area contributed by atoms with Gasteiger partial charge in [-0.25, -0.2) is 14.6 Å². The molecule has 0 aliphatic carbocycles. The van der Waals surface area contributed by atoms with Crippen LogP contribution < -0.4 is 5.32 Å². The Morgan fingerprint density at radius 2 is 2.37 bits per heavy atom. The number of hydrogen-bond donors (Lipinski definition) is 3. The number of likely N-dealkylation sites (tertiary alicyclic amines) is 1. The molecule has 19 heavy (non-hydrogen) atoms. The maximum atomic E-state index is 11.9. The molecule has 1 aromatic rings. The number of aliphatic hydroxyl groups excluding tert-OH is 1. The summed E-state index contributed by atoms with van der Waals surface area (Å²) in [6, 6.07) is -1.41. The molecule has 1 aromatic heterocycles. The third-order valence-corrected chi connectivity index (χ3v) is 3.60. The van der Waals surface area contributed by atoms with Crippen molar-refractivity contribution in [2.75, 3.05) is 13.1 Å². The van der Waals surface area contributed by atoms with Gasteiger partial charge in [-0.1, -0.05) is 0 Å². The van der Waals surface area contributed by atoms with Gasteiger partial charge in [-0.3, -0.25) is 0 Å². The van der Waals surface area contributed by atoms with Crippen molar-refractivity contribution in [3.8, 4) is 0 Å². The Balaban J connectivity index is 1.83. The molecule has 0 aromatic carbocycles. The molecule has 2 amide bonds. The Labute approximate surface area is 113 Å². The number of carbonyl (C=O) groups excluding carboxylic acids is 1. The number of aromatic nitrogens is 1. The fourth-order valence-electron chi connectivity index (χ4n) is 2.03. The normalized spacial score (nSPS) is 22.5. The number of β-amino-alcohol motifs (C(OH)–C–C–N with tert-alkyl or cyclic N) is 1. The molecule has 0 bridgehead atoms. The number of carboxylic acid groups (broad SMARTS) is 1. The standard InChI is InChI=1S/C11H15N3O4S/c15-8-3-9(10(16)17)14(4-8)11(18)12-2-1-7-5-19-6-13-7/h5-6,8-9,15H,1-4H2,(H,12,18)(H,16,17)/t8-,9+/m1/s1. The van der Waals surface area contributed by atoms with E-state index in [0.717, 1.165) is 10.6 Å². The van der Waals surface area contributed by atoms with Crippen molar-refractivity contribution >= 4 is 23.3 Å². The molecule has 0 spiro atoms. The van der Waals surface area contributed by atoms with Crippen LogP contribution in [0.15, 0.2) is 10.9 Å². The van der Waals surface area contributed by atoms with E-state index in [0.29, 0.717) is 13.0 Å². The predicted molar refractivity (Wildman–Crippen MR) is 68.0 cm³/mol. The fourth-order valence-corrected chi connectivity index (χ4v) is 2.63. The molecule has 1 saturated heterocycles. The first-order valence-electron chi connectivity index (χ1n) is 5.90. The van der Waals surface area contributed by atoms with Crippen LogP contribution in [-0.2, 0) is 11.2 Å². The van der Waals surface area contributed by atoms with Gasteiger partial charge in [0, 0.05) is 31.3 Å². The van der Waals surface area contributed by atoms with Gasteiger partial charge in [0.25, 0.3) is 0 Å². The minimum atomic E-state index is -1.09. The first-order valence-corrected chi connectivity index (χ1v) is 6.84. The van der Waals surface area contributed by atoms with Gasteiger partial charge < -0.3 is 20.4 Å². The van der Waals surface area contributed by atoms with Gasteiger partial charge >= 0.3 is 12.0 Å². The highest BCUT2D eigenvalue weighted by molar-refractivity contribution is 7.07. The van der Waals surface area contributed by atoms with Gasteiger partial charge in [0.15, 0.2) is 0 Å². The third-order valence-electron chi connectivity index (χ3n) is 2.97. The zero-order valence-electron chi connectivity index (χ0n) is 10.2. The summed E-state index contributed by atoms with van der Waals surface area (Å²) in [5.41, 5.74) is 2.61. The molecule has 104 valence electrons. The zero-order valence-corrected chi connectivity index (χ0v) is 11.0. The van der Waals surface area contributed by atoms with E-state index in [9.17, 15) is 14.7 Å². The van der Waals surface area contributed by atoms with E-state index in [1.165, 1.54) is 11.3 Å². The van der Waals surface area contributed by atoms with Crippen molar-refractivity contribution < 1.29 is 19.8 Å². The van der Waals surface area contributed by atoms with Crippen LogP contribution in [0.1, 0.15) is 12.1 Å². The van der Waals surface area contributed by atoms with Crippen LogP contribution in [0.5, 0.6) is 0 Å². The monoisotopic (exact) mass is 285 g/mol. The number of urea groups is 1. The van der Waals surface area contributed by atoms with E-state index < -0.39 is 24.1 Å². The van der Waals surface area contributed by atoms with Gasteiger partial charge in [0.1, 0.15) is 6.04 Å². The number of carbonyl (C=O) groups is 2. The number of nitrogens with one attached hydrogen (secondary N) is 1. The number of hydrogen-bond acceptors (Lipinski definition) is 5. The summed E-state index contributed by atoms with van der Waals surface area (Å²) in [6.07, 6.45) is -0.0940. The average Bonchev–Trinajstić information content (AvgIpc) is 2.98. The summed E-state index contributed by atoms with van der Waals surface area (Å²) in [6.45, 7) is 0.445. The van der Waals surface area contributed by atoms with Crippen LogP contribution in [-0.4, -0.2) is 57.3 Å². The summed E-state index contributed by atoms with van der Waals surface area (Å²) in [5, 5.41) is 23.0. The predicted octanol–water partition coefficient (Wildman–Crippen LogP) is -0.0850. The number of aliphatic hydroxyl groups is 1. The Morgan fingerprint density at radius 1 is 1.58 bits per heavy atom. The molecule has 0 saturated carbocycles. The molecule has 7 nitrogen and oxygen atoms in total. The highest BCUT2D eigenvalue weighted by Crippen LogP contribution is 2.18. The van der Waals surface area contributed by atoms with Crippen molar-refractivity contribution in [3.05, 3.63) is 16.6 Å². The summed E-state index contributed by atoms with van der Waals surface area (Å²) in [4.78, 5) is 28.1. The largest absolute Gasteiger partial charge is 0.480 e. The molecule has 1 aliphatic heterocycles. The molecule has 8 heteroatoms. The van der Waals surface area contributed by atoms with Gasteiger partial charge in [0.05, 0.1) is 17.3 Å². The van der Waals surface area contributed by atoms with Crippen LogP contribution >= 0.6 is 11.3 Å². The lowest BCUT2D eigenvalue weighted by Crippen LogP contribution is -2.46. The minimum absolute atomic E-state index is 0.0551. The van der Waals surface area contributed by atoms with Gasteiger partial charge in [-0.2, -0.15) is 0 Å². The second-order valence-corrected chi connectivity index (χ2v) is 5.08. The van der Waals surface area contributed by atoms with Crippen molar-refractivity contribution in [2.45, 2.75) is 25.0 Å². The summed E-state index contributed by atoms with van der Waals surface area (Å²) in [5.74, 6) is -1.09. The zero-order chi connectivity index (χ0) is 13.8. The third kappa shape index (κ3) is 3.42. The van der Waals surface area contributed by atoms with Crippen LogP contribution in [0.25, 0.3) is 0 Å². The van der Waals surface area contributed by atoms with Crippen LogP contribution in [0.4, 0.5) is 4.79 Å². The number of aliphatic carboxylic acids is 1. The van der Waals surface area contributed by atoms with Crippen molar-refractivity contribution in [1.29, 1.82) is 0 Å². The van der Waals surface area contributed by atoms with E-state index in [1.807, 2.05) is 5.38 Å². The molecular weight excluding hydrogens is 270 g/mol. The van der Waals surface area contributed by atoms with Gasteiger partial charge in [-0.05, 0) is 0 Å². The molecule has 2 atom stereocenters. The lowest BCUT2D eigenvalue weighted by Gasteiger charge is -2.21. The van der Waals surface area contributed by atoms with E-state index in [4.69, 9.17) is 5.11 Å². The van der Waals surface area contributed by atoms with Gasteiger partial charge in [0.2, 0.25) is 0 Å². The van der Waals surface area contributed by atoms with E-state index in [-0.39, 0.29) is 13.0 Å². The molecular formula is C11H15N3O4S. The topological polar surface area (TPSA) is 103 Å².